The molecule has 0 spiro atoms. The largest absolute Gasteiger partial charge is 0.417 e. The number of hydrogen-bond donors (Lipinski definition) is 0. The number of rotatable bonds is 7. The van der Waals surface area contributed by atoms with E-state index in [2.05, 4.69) is 11.6 Å². The van der Waals surface area contributed by atoms with Crippen LogP contribution in [0.15, 0.2) is 40.5 Å². The second-order valence-corrected chi connectivity index (χ2v) is 11.3. The van der Waals surface area contributed by atoms with Crippen LogP contribution in [-0.4, -0.2) is 78.7 Å². The van der Waals surface area contributed by atoms with Crippen molar-refractivity contribution in [3.63, 3.8) is 0 Å². The second kappa shape index (κ2) is 12.4. The van der Waals surface area contributed by atoms with Crippen molar-refractivity contribution in [3.8, 4) is 11.1 Å². The van der Waals surface area contributed by atoms with Crippen LogP contribution in [0.2, 0.25) is 5.02 Å². The van der Waals surface area contributed by atoms with Crippen molar-refractivity contribution in [2.45, 2.75) is 23.7 Å². The summed E-state index contributed by atoms with van der Waals surface area (Å²) in [6.07, 6.45) is -4.44. The fraction of sp³-hybridized carbons (Fsp3) is 0.393. The van der Waals surface area contributed by atoms with Gasteiger partial charge in [0.05, 0.1) is 42.0 Å². The van der Waals surface area contributed by atoms with Crippen molar-refractivity contribution < 1.29 is 36.2 Å². The van der Waals surface area contributed by atoms with Crippen molar-refractivity contribution in [2.75, 3.05) is 57.2 Å². The number of methoxy groups -OCH3 is 1. The summed E-state index contributed by atoms with van der Waals surface area (Å²) in [6, 6.07) is 2.09. The number of benzene rings is 2. The first-order valence-corrected chi connectivity index (χ1v) is 14.5. The SMILES string of the molecule is C=CC(=O)N1CCN(c2nc(=O)n3c4c(c(-c5cc(Cl)c(F)cc5F)c(C(F)(F)F)cc24)SC[C@H](OCCOC)C3)CC1. The Balaban J connectivity index is 1.78. The Bertz CT molecular complexity index is 1640. The van der Waals surface area contributed by atoms with Crippen molar-refractivity contribution in [1.82, 2.24) is 14.5 Å². The van der Waals surface area contributed by atoms with Crippen molar-refractivity contribution in [2.24, 2.45) is 0 Å². The lowest BCUT2D eigenvalue weighted by molar-refractivity contribution is -0.137. The van der Waals surface area contributed by atoms with Gasteiger partial charge in [-0.2, -0.15) is 18.2 Å². The Kier molecular flexibility index (Phi) is 9.02. The molecule has 3 aromatic rings. The van der Waals surface area contributed by atoms with Gasteiger partial charge in [0.2, 0.25) is 5.91 Å². The fourth-order valence-corrected chi connectivity index (χ4v) is 6.69. The van der Waals surface area contributed by atoms with Crippen LogP contribution in [0, 0.1) is 11.6 Å². The molecule has 0 saturated carbocycles. The molecule has 1 fully saturated rings. The number of amides is 1. The molecule has 1 aromatic heterocycles. The highest BCUT2D eigenvalue weighted by atomic mass is 35.5. The fourth-order valence-electron chi connectivity index (χ4n) is 5.25. The molecule has 2 aliphatic rings. The monoisotopic (exact) mass is 644 g/mol. The third kappa shape index (κ3) is 6.10. The Hall–Kier alpha value is -3.20. The predicted octanol–water partition coefficient (Wildman–Crippen LogP) is 4.99. The molecular formula is C28H26ClF5N4O4S. The number of halogens is 6. The van der Waals surface area contributed by atoms with E-state index in [1.54, 1.807) is 4.90 Å². The first-order valence-electron chi connectivity index (χ1n) is 13.2. The number of nitrogens with zero attached hydrogens (tertiary/aromatic N) is 4. The smallest absolute Gasteiger partial charge is 0.382 e. The van der Waals surface area contributed by atoms with Crippen molar-refractivity contribution in [1.29, 1.82) is 0 Å². The Morgan fingerprint density at radius 3 is 2.53 bits per heavy atom. The van der Waals surface area contributed by atoms with Gasteiger partial charge < -0.3 is 19.3 Å². The summed E-state index contributed by atoms with van der Waals surface area (Å²) in [5.41, 5.74) is -2.94. The maximum atomic E-state index is 15.2. The molecule has 2 aromatic carbocycles. The van der Waals surface area contributed by atoms with E-state index < -0.39 is 51.3 Å². The molecule has 0 N–H and O–H groups in total. The van der Waals surface area contributed by atoms with Crippen LogP contribution in [-0.2, 0) is 27.0 Å². The minimum Gasteiger partial charge on any atom is -0.382 e. The number of carbonyl (C=O) groups is 1. The average molecular weight is 645 g/mol. The number of anilines is 1. The first-order chi connectivity index (χ1) is 20.4. The van der Waals surface area contributed by atoms with E-state index in [0.29, 0.717) is 6.07 Å². The Morgan fingerprint density at radius 1 is 1.16 bits per heavy atom. The van der Waals surface area contributed by atoms with E-state index in [1.807, 2.05) is 0 Å². The molecule has 2 aliphatic heterocycles. The Morgan fingerprint density at radius 2 is 1.88 bits per heavy atom. The van der Waals surface area contributed by atoms with E-state index in [1.165, 1.54) is 22.7 Å². The molecule has 0 radical (unpaired) electrons. The summed E-state index contributed by atoms with van der Waals surface area (Å²) in [5.74, 6) is -2.53. The molecular weight excluding hydrogens is 619 g/mol. The zero-order chi connectivity index (χ0) is 31.1. The molecule has 5 rings (SSSR count). The molecule has 0 aliphatic carbocycles. The summed E-state index contributed by atoms with van der Waals surface area (Å²) in [6.45, 7) is 4.72. The van der Waals surface area contributed by atoms with Gasteiger partial charge in [0, 0.05) is 66.5 Å². The summed E-state index contributed by atoms with van der Waals surface area (Å²) in [4.78, 5) is 33.0. The molecule has 15 heteroatoms. The minimum atomic E-state index is -4.98. The minimum absolute atomic E-state index is 0.0113. The normalized spacial score (nSPS) is 17.3. The number of hydrogen-bond acceptors (Lipinski definition) is 7. The Labute approximate surface area is 252 Å². The van der Waals surface area contributed by atoms with Crippen LogP contribution in [0.25, 0.3) is 22.0 Å². The van der Waals surface area contributed by atoms with Crippen LogP contribution in [0.1, 0.15) is 5.56 Å². The number of thioether (sulfide) groups is 1. The van der Waals surface area contributed by atoms with Gasteiger partial charge in [-0.15, -0.1) is 11.8 Å². The third-order valence-electron chi connectivity index (χ3n) is 7.29. The molecule has 43 heavy (non-hydrogen) atoms. The van der Waals surface area contributed by atoms with Gasteiger partial charge in [-0.1, -0.05) is 18.2 Å². The summed E-state index contributed by atoms with van der Waals surface area (Å²) in [7, 11) is 1.48. The van der Waals surface area contributed by atoms with Gasteiger partial charge in [0.15, 0.2) is 0 Å². The lowest BCUT2D eigenvalue weighted by Gasteiger charge is -2.35. The number of carbonyl (C=O) groups excluding carboxylic acids is 1. The summed E-state index contributed by atoms with van der Waals surface area (Å²) >= 11 is 6.89. The molecule has 1 saturated heterocycles. The second-order valence-electron chi connectivity index (χ2n) is 9.91. The number of alkyl halides is 3. The molecule has 1 amide bonds. The highest BCUT2D eigenvalue weighted by Crippen LogP contribution is 2.49. The highest BCUT2D eigenvalue weighted by Gasteiger charge is 2.39. The van der Waals surface area contributed by atoms with Crippen molar-refractivity contribution in [3.05, 3.63) is 63.6 Å². The first kappa shape index (κ1) is 31.2. The van der Waals surface area contributed by atoms with Crippen LogP contribution in [0.4, 0.5) is 27.8 Å². The highest BCUT2D eigenvalue weighted by molar-refractivity contribution is 7.99. The van der Waals surface area contributed by atoms with E-state index in [-0.39, 0.29) is 79.2 Å². The maximum Gasteiger partial charge on any atom is 0.417 e. The third-order valence-corrected chi connectivity index (χ3v) is 8.80. The zero-order valence-corrected chi connectivity index (χ0v) is 24.4. The molecule has 230 valence electrons. The summed E-state index contributed by atoms with van der Waals surface area (Å²) in [5, 5.41) is -0.538. The maximum absolute atomic E-state index is 15.2. The van der Waals surface area contributed by atoms with E-state index >= 15 is 4.39 Å². The van der Waals surface area contributed by atoms with Crippen LogP contribution in [0.5, 0.6) is 0 Å². The number of ether oxygens (including phenoxy) is 2. The number of aromatic nitrogens is 2. The van der Waals surface area contributed by atoms with Gasteiger partial charge in [0.1, 0.15) is 17.5 Å². The number of piperazine rings is 1. The predicted molar refractivity (Wildman–Crippen MR) is 153 cm³/mol. The van der Waals surface area contributed by atoms with Gasteiger partial charge in [-0.3, -0.25) is 9.36 Å². The molecule has 3 heterocycles. The van der Waals surface area contributed by atoms with Gasteiger partial charge in [-0.25, -0.2) is 13.6 Å². The topological polar surface area (TPSA) is 76.9 Å². The van der Waals surface area contributed by atoms with Gasteiger partial charge >= 0.3 is 11.9 Å². The van der Waals surface area contributed by atoms with Crippen LogP contribution >= 0.6 is 23.4 Å². The van der Waals surface area contributed by atoms with Crippen molar-refractivity contribution >= 4 is 46.0 Å². The van der Waals surface area contributed by atoms with E-state index in [4.69, 9.17) is 21.1 Å². The molecule has 8 nitrogen and oxygen atoms in total. The summed E-state index contributed by atoms with van der Waals surface area (Å²) < 4.78 is 85.8. The van der Waals surface area contributed by atoms with Crippen LogP contribution in [0.3, 0.4) is 0 Å². The van der Waals surface area contributed by atoms with Crippen LogP contribution < -0.4 is 10.6 Å². The van der Waals surface area contributed by atoms with Gasteiger partial charge in [-0.05, 0) is 18.2 Å². The van der Waals surface area contributed by atoms with Gasteiger partial charge in [0.25, 0.3) is 0 Å². The molecule has 0 unspecified atom stereocenters. The zero-order valence-electron chi connectivity index (χ0n) is 22.8. The molecule has 0 bridgehead atoms. The lowest BCUT2D eigenvalue weighted by Crippen LogP contribution is -2.49. The lowest BCUT2D eigenvalue weighted by atomic mass is 9.95. The van der Waals surface area contributed by atoms with E-state index in [0.717, 1.165) is 23.9 Å². The standard InChI is InChI=1S/C28H26ClF5N4O4S/c1-3-22(39)36-4-6-37(7-5-36)26-17-10-18(28(32,33)34)23(16-11-19(29)21(31)12-20(16)30)25-24(17)38(27(40)35-26)13-15(14-43-25)42-9-8-41-2/h3,10-12,15H,1,4-9,13-14H2,2H3/t15-/m1/s1. The average Bonchev–Trinajstić information content (AvgIpc) is 3.17. The molecule has 1 atom stereocenters. The quantitative estimate of drug-likeness (QED) is 0.155. The van der Waals surface area contributed by atoms with E-state index in [9.17, 15) is 27.2 Å².